The maximum Gasteiger partial charge on any atom is 0.231 e. The van der Waals surface area contributed by atoms with Crippen LogP contribution in [0.4, 0.5) is 11.5 Å². The van der Waals surface area contributed by atoms with Crippen LogP contribution in [0, 0.1) is 5.41 Å². The van der Waals surface area contributed by atoms with Crippen molar-refractivity contribution in [3.8, 4) is 0 Å². The minimum atomic E-state index is -0.263. The first-order chi connectivity index (χ1) is 8.51. The second kappa shape index (κ2) is 5.26. The Morgan fingerprint density at radius 1 is 1.44 bits per heavy atom. The molecule has 0 unspecified atom stereocenters. The highest BCUT2D eigenvalue weighted by Gasteiger charge is 2.34. The summed E-state index contributed by atoms with van der Waals surface area (Å²) in [6.45, 7) is 2.03. The van der Waals surface area contributed by atoms with E-state index in [1.807, 2.05) is 6.92 Å². The summed E-state index contributed by atoms with van der Waals surface area (Å²) in [5.41, 5.74) is 5.93. The molecule has 1 saturated carbocycles. The third kappa shape index (κ3) is 2.83. The fraction of sp³-hybridized carbons (Fsp3) is 0.538. The molecule has 1 aromatic rings. The minimum Gasteiger partial charge on any atom is -0.397 e. The van der Waals surface area contributed by atoms with Crippen LogP contribution in [0.25, 0.3) is 0 Å². The maximum absolute atomic E-state index is 12.3. The number of aromatic nitrogens is 1. The van der Waals surface area contributed by atoms with E-state index in [2.05, 4.69) is 26.2 Å². The summed E-state index contributed by atoms with van der Waals surface area (Å²) >= 11 is 3.36. The summed E-state index contributed by atoms with van der Waals surface area (Å²) in [4.78, 5) is 16.5. The lowest BCUT2D eigenvalue weighted by Crippen LogP contribution is -2.35. The number of carbonyl (C=O) groups is 1. The Labute approximate surface area is 115 Å². The van der Waals surface area contributed by atoms with Crippen LogP contribution < -0.4 is 11.1 Å². The average Bonchev–Trinajstić information content (AvgIpc) is 2.33. The quantitative estimate of drug-likeness (QED) is 0.880. The van der Waals surface area contributed by atoms with Crippen LogP contribution >= 0.6 is 15.9 Å². The Hall–Kier alpha value is -1.10. The Kier molecular flexibility index (Phi) is 3.90. The van der Waals surface area contributed by atoms with E-state index in [1.165, 1.54) is 6.42 Å². The number of hydrogen-bond donors (Lipinski definition) is 2. The van der Waals surface area contributed by atoms with Crippen molar-refractivity contribution in [2.75, 3.05) is 11.1 Å². The lowest BCUT2D eigenvalue weighted by atomic mass is 9.75. The Balaban J connectivity index is 2.11. The van der Waals surface area contributed by atoms with Gasteiger partial charge in [-0.3, -0.25) is 4.79 Å². The van der Waals surface area contributed by atoms with Crippen LogP contribution in [-0.4, -0.2) is 10.9 Å². The molecule has 0 saturated heterocycles. The zero-order valence-corrected chi connectivity index (χ0v) is 12.1. The van der Waals surface area contributed by atoms with Crippen molar-refractivity contribution >= 4 is 33.3 Å². The molecule has 4 nitrogen and oxygen atoms in total. The fourth-order valence-electron chi connectivity index (χ4n) is 2.36. The van der Waals surface area contributed by atoms with E-state index in [0.29, 0.717) is 11.5 Å². The molecule has 18 heavy (non-hydrogen) atoms. The molecule has 5 heteroatoms. The van der Waals surface area contributed by atoms with Gasteiger partial charge < -0.3 is 11.1 Å². The molecule has 0 bridgehead atoms. The second-order valence-corrected chi connectivity index (χ2v) is 6.03. The highest BCUT2D eigenvalue weighted by Crippen LogP contribution is 2.37. The minimum absolute atomic E-state index is 0.0557. The summed E-state index contributed by atoms with van der Waals surface area (Å²) in [6, 6.07) is 1.74. The number of anilines is 2. The van der Waals surface area contributed by atoms with Crippen molar-refractivity contribution in [3.05, 3.63) is 16.7 Å². The van der Waals surface area contributed by atoms with Gasteiger partial charge in [0.05, 0.1) is 16.4 Å². The van der Waals surface area contributed by atoms with Gasteiger partial charge in [-0.1, -0.05) is 26.2 Å². The lowest BCUT2D eigenvalue weighted by Gasteiger charge is -2.31. The smallest absolute Gasteiger partial charge is 0.231 e. The van der Waals surface area contributed by atoms with Crippen molar-refractivity contribution in [1.29, 1.82) is 0 Å². The van der Waals surface area contributed by atoms with Gasteiger partial charge in [0.1, 0.15) is 5.82 Å². The lowest BCUT2D eigenvalue weighted by molar-refractivity contribution is -0.126. The van der Waals surface area contributed by atoms with Gasteiger partial charge in [0, 0.05) is 5.41 Å². The molecule has 0 aromatic carbocycles. The normalized spacial score (nSPS) is 18.3. The molecule has 0 atom stereocenters. The molecule has 98 valence electrons. The van der Waals surface area contributed by atoms with Crippen molar-refractivity contribution < 1.29 is 4.79 Å². The van der Waals surface area contributed by atoms with Gasteiger partial charge in [-0.05, 0) is 34.8 Å². The van der Waals surface area contributed by atoms with Crippen molar-refractivity contribution in [3.63, 3.8) is 0 Å². The first kappa shape index (κ1) is 13.3. The van der Waals surface area contributed by atoms with Gasteiger partial charge in [0.15, 0.2) is 0 Å². The summed E-state index contributed by atoms with van der Waals surface area (Å²) in [5, 5.41) is 2.90. The zero-order chi connectivity index (χ0) is 13.2. The van der Waals surface area contributed by atoms with Crippen LogP contribution in [0.15, 0.2) is 16.7 Å². The van der Waals surface area contributed by atoms with Gasteiger partial charge in [0.25, 0.3) is 0 Å². The van der Waals surface area contributed by atoms with Crippen molar-refractivity contribution in [2.45, 2.75) is 39.0 Å². The fourth-order valence-corrected chi connectivity index (χ4v) is 2.83. The van der Waals surface area contributed by atoms with Gasteiger partial charge in [-0.25, -0.2) is 4.98 Å². The average molecular weight is 312 g/mol. The standard InChI is InChI=1S/C13H18BrN3O/c1-13(5-3-2-4-6-13)12(18)17-11-10(14)7-9(15)8-16-11/h7-8H,2-6,15H2,1H3,(H,16,17,18). The monoisotopic (exact) mass is 311 g/mol. The van der Waals surface area contributed by atoms with Crippen LogP contribution in [0.3, 0.4) is 0 Å². The molecule has 1 fully saturated rings. The molecular weight excluding hydrogens is 294 g/mol. The Morgan fingerprint density at radius 3 is 2.72 bits per heavy atom. The number of nitrogens with one attached hydrogen (secondary N) is 1. The van der Waals surface area contributed by atoms with Crippen molar-refractivity contribution in [1.82, 2.24) is 4.98 Å². The molecule has 1 aromatic heterocycles. The first-order valence-electron chi connectivity index (χ1n) is 6.24. The molecule has 0 spiro atoms. The van der Waals surface area contributed by atoms with Gasteiger partial charge in [0.2, 0.25) is 5.91 Å². The molecule has 1 aliphatic carbocycles. The number of nitrogens with zero attached hydrogens (tertiary/aromatic N) is 1. The predicted octanol–water partition coefficient (Wildman–Crippen LogP) is 3.34. The number of halogens is 1. The number of pyridine rings is 1. The van der Waals surface area contributed by atoms with Crippen LogP contribution in [0.2, 0.25) is 0 Å². The number of hydrogen-bond acceptors (Lipinski definition) is 3. The van der Waals surface area contributed by atoms with E-state index in [1.54, 1.807) is 12.3 Å². The highest BCUT2D eigenvalue weighted by atomic mass is 79.9. The molecule has 2 rings (SSSR count). The van der Waals surface area contributed by atoms with Crippen LogP contribution in [0.5, 0.6) is 0 Å². The van der Waals surface area contributed by atoms with Crippen molar-refractivity contribution in [2.24, 2.45) is 5.41 Å². The van der Waals surface area contributed by atoms with E-state index in [-0.39, 0.29) is 11.3 Å². The third-order valence-corrected chi connectivity index (χ3v) is 4.20. The molecular formula is C13H18BrN3O. The van der Waals surface area contributed by atoms with Crippen LogP contribution in [0.1, 0.15) is 39.0 Å². The van der Waals surface area contributed by atoms with E-state index < -0.39 is 0 Å². The summed E-state index contributed by atoms with van der Waals surface area (Å²) in [6.07, 6.45) is 6.92. The summed E-state index contributed by atoms with van der Waals surface area (Å²) in [5.74, 6) is 0.598. The zero-order valence-electron chi connectivity index (χ0n) is 10.5. The molecule has 1 heterocycles. The molecule has 3 N–H and O–H groups in total. The van der Waals surface area contributed by atoms with Gasteiger partial charge in [-0.15, -0.1) is 0 Å². The SMILES string of the molecule is CC1(C(=O)Nc2ncc(N)cc2Br)CCCCC1. The van der Waals surface area contributed by atoms with E-state index in [9.17, 15) is 4.79 Å². The molecule has 0 aliphatic heterocycles. The van der Waals surface area contributed by atoms with Gasteiger partial charge >= 0.3 is 0 Å². The topological polar surface area (TPSA) is 68.0 Å². The largest absolute Gasteiger partial charge is 0.397 e. The summed E-state index contributed by atoms with van der Waals surface area (Å²) in [7, 11) is 0. The summed E-state index contributed by atoms with van der Waals surface area (Å²) < 4.78 is 0.718. The van der Waals surface area contributed by atoms with E-state index in [4.69, 9.17) is 5.73 Å². The first-order valence-corrected chi connectivity index (χ1v) is 7.03. The van der Waals surface area contributed by atoms with E-state index >= 15 is 0 Å². The molecule has 1 amide bonds. The number of nitrogens with two attached hydrogens (primary N) is 1. The second-order valence-electron chi connectivity index (χ2n) is 5.17. The van der Waals surface area contributed by atoms with Gasteiger partial charge in [-0.2, -0.15) is 0 Å². The predicted molar refractivity (Wildman–Crippen MR) is 76.2 cm³/mol. The highest BCUT2D eigenvalue weighted by molar-refractivity contribution is 9.10. The Bertz CT molecular complexity index is 456. The maximum atomic E-state index is 12.3. The number of rotatable bonds is 2. The van der Waals surface area contributed by atoms with E-state index in [0.717, 1.165) is 30.2 Å². The number of amides is 1. The third-order valence-electron chi connectivity index (χ3n) is 3.60. The number of nitrogen functional groups attached to an aromatic ring is 1. The number of carbonyl (C=O) groups excluding carboxylic acids is 1. The van der Waals surface area contributed by atoms with Crippen LogP contribution in [-0.2, 0) is 4.79 Å². The Morgan fingerprint density at radius 2 is 2.11 bits per heavy atom. The molecule has 0 radical (unpaired) electrons. The molecule has 1 aliphatic rings.